The van der Waals surface area contributed by atoms with Gasteiger partial charge in [-0.05, 0) is 13.8 Å². The Morgan fingerprint density at radius 3 is 3.06 bits per heavy atom. The van der Waals surface area contributed by atoms with Crippen molar-refractivity contribution >= 4 is 5.91 Å². The summed E-state index contributed by atoms with van der Waals surface area (Å²) in [5, 5.41) is 17.2. The highest BCUT2D eigenvalue weighted by molar-refractivity contribution is 5.82. The minimum absolute atomic E-state index is 0.0000491. The Kier molecular flexibility index (Phi) is 4.27. The van der Waals surface area contributed by atoms with Crippen LogP contribution < -0.4 is 16.0 Å². The third-order valence-electron chi connectivity index (χ3n) is 3.11. The van der Waals surface area contributed by atoms with Crippen molar-refractivity contribution in [1.29, 1.82) is 0 Å². The molecule has 1 fully saturated rings. The van der Waals surface area contributed by atoms with E-state index in [-0.39, 0.29) is 11.9 Å². The molecule has 1 amide bonds. The van der Waals surface area contributed by atoms with Gasteiger partial charge in [-0.15, -0.1) is 10.2 Å². The summed E-state index contributed by atoms with van der Waals surface area (Å²) in [5.41, 5.74) is 0. The van der Waals surface area contributed by atoms with Crippen LogP contribution in [-0.2, 0) is 17.9 Å². The zero-order chi connectivity index (χ0) is 13.0. The Hall–Kier alpha value is -1.47. The number of nitrogens with one attached hydrogen (secondary N) is 3. The average Bonchev–Trinajstić information content (AvgIpc) is 2.84. The molecule has 0 saturated carbocycles. The molecule has 2 heterocycles. The average molecular weight is 252 g/mol. The molecule has 0 bridgehead atoms. The van der Waals surface area contributed by atoms with Gasteiger partial charge in [0, 0.05) is 25.7 Å². The SMILES string of the molecule is CCn1cnnc1CNC(=O)C1CNC(C)CN1. The van der Waals surface area contributed by atoms with Gasteiger partial charge in [0.25, 0.3) is 0 Å². The highest BCUT2D eigenvalue weighted by Gasteiger charge is 2.23. The van der Waals surface area contributed by atoms with E-state index in [0.717, 1.165) is 18.9 Å². The molecule has 2 unspecified atom stereocenters. The summed E-state index contributed by atoms with van der Waals surface area (Å²) in [5.74, 6) is 0.781. The molecule has 0 radical (unpaired) electrons. The number of carbonyl (C=O) groups excluding carboxylic acids is 1. The lowest BCUT2D eigenvalue weighted by Gasteiger charge is -2.28. The van der Waals surface area contributed by atoms with Gasteiger partial charge in [0.05, 0.1) is 12.6 Å². The van der Waals surface area contributed by atoms with Crippen molar-refractivity contribution in [2.45, 2.75) is 39.0 Å². The van der Waals surface area contributed by atoms with Crippen LogP contribution in [-0.4, -0.2) is 45.8 Å². The van der Waals surface area contributed by atoms with E-state index in [1.54, 1.807) is 6.33 Å². The Morgan fingerprint density at radius 1 is 1.56 bits per heavy atom. The van der Waals surface area contributed by atoms with Gasteiger partial charge in [0.1, 0.15) is 6.33 Å². The van der Waals surface area contributed by atoms with Crippen molar-refractivity contribution in [1.82, 2.24) is 30.7 Å². The fraction of sp³-hybridized carbons (Fsp3) is 0.727. The first-order chi connectivity index (χ1) is 8.70. The van der Waals surface area contributed by atoms with E-state index in [1.807, 2.05) is 11.5 Å². The lowest BCUT2D eigenvalue weighted by atomic mass is 10.1. The van der Waals surface area contributed by atoms with Gasteiger partial charge in [0.15, 0.2) is 5.82 Å². The van der Waals surface area contributed by atoms with Gasteiger partial charge >= 0.3 is 0 Å². The van der Waals surface area contributed by atoms with Crippen LogP contribution in [0, 0.1) is 0 Å². The first-order valence-corrected chi connectivity index (χ1v) is 6.32. The second-order valence-electron chi connectivity index (χ2n) is 4.52. The summed E-state index contributed by atoms with van der Waals surface area (Å²) >= 11 is 0. The molecule has 3 N–H and O–H groups in total. The third-order valence-corrected chi connectivity index (χ3v) is 3.11. The van der Waals surface area contributed by atoms with Gasteiger partial charge in [0.2, 0.25) is 5.91 Å². The summed E-state index contributed by atoms with van der Waals surface area (Å²) in [6.07, 6.45) is 1.67. The van der Waals surface area contributed by atoms with Crippen LogP contribution in [0.25, 0.3) is 0 Å². The zero-order valence-electron chi connectivity index (χ0n) is 10.8. The maximum atomic E-state index is 11.9. The maximum absolute atomic E-state index is 11.9. The van der Waals surface area contributed by atoms with Gasteiger partial charge in [-0.25, -0.2) is 0 Å². The highest BCUT2D eigenvalue weighted by Crippen LogP contribution is 1.96. The number of aromatic nitrogens is 3. The molecular weight excluding hydrogens is 232 g/mol. The monoisotopic (exact) mass is 252 g/mol. The molecule has 0 aliphatic carbocycles. The van der Waals surface area contributed by atoms with Crippen LogP contribution >= 0.6 is 0 Å². The molecule has 2 atom stereocenters. The van der Waals surface area contributed by atoms with E-state index in [9.17, 15) is 4.79 Å². The van der Waals surface area contributed by atoms with Crippen LogP contribution in [0.15, 0.2) is 6.33 Å². The van der Waals surface area contributed by atoms with E-state index >= 15 is 0 Å². The van der Waals surface area contributed by atoms with Crippen molar-refractivity contribution in [2.75, 3.05) is 13.1 Å². The van der Waals surface area contributed by atoms with Crippen LogP contribution in [0.1, 0.15) is 19.7 Å². The lowest BCUT2D eigenvalue weighted by molar-refractivity contribution is -0.123. The molecule has 0 spiro atoms. The number of carbonyl (C=O) groups is 1. The molecule has 1 aliphatic rings. The topological polar surface area (TPSA) is 83.9 Å². The van der Waals surface area contributed by atoms with Gasteiger partial charge in [-0.3, -0.25) is 4.79 Å². The fourth-order valence-electron chi connectivity index (χ4n) is 1.94. The molecule has 1 saturated heterocycles. The quantitative estimate of drug-likeness (QED) is 0.631. The molecule has 1 aromatic rings. The van der Waals surface area contributed by atoms with E-state index in [4.69, 9.17) is 0 Å². The number of rotatable bonds is 4. The number of hydrogen-bond acceptors (Lipinski definition) is 5. The second-order valence-corrected chi connectivity index (χ2v) is 4.52. The third kappa shape index (κ3) is 3.05. The van der Waals surface area contributed by atoms with Crippen LogP contribution in [0.4, 0.5) is 0 Å². The lowest BCUT2D eigenvalue weighted by Crippen LogP contribution is -2.58. The number of amides is 1. The van der Waals surface area contributed by atoms with E-state index in [1.165, 1.54) is 0 Å². The van der Waals surface area contributed by atoms with E-state index in [0.29, 0.717) is 19.1 Å². The first-order valence-electron chi connectivity index (χ1n) is 6.32. The van der Waals surface area contributed by atoms with Gasteiger partial charge in [-0.2, -0.15) is 0 Å². The number of hydrogen-bond donors (Lipinski definition) is 3. The standard InChI is InChI=1S/C11H20N6O/c1-3-17-7-15-16-10(17)6-14-11(18)9-5-12-8(2)4-13-9/h7-9,12-13H,3-6H2,1-2H3,(H,14,18). The Balaban J connectivity index is 1.81. The van der Waals surface area contributed by atoms with E-state index in [2.05, 4.69) is 33.1 Å². The predicted octanol–water partition coefficient (Wildman–Crippen LogP) is -1.14. The summed E-state index contributed by atoms with van der Waals surface area (Å²) in [7, 11) is 0. The molecule has 0 aromatic carbocycles. The van der Waals surface area contributed by atoms with Gasteiger partial charge in [-0.1, -0.05) is 0 Å². The van der Waals surface area contributed by atoms with Crippen molar-refractivity contribution in [3.63, 3.8) is 0 Å². The molecule has 1 aliphatic heterocycles. The van der Waals surface area contributed by atoms with Crippen LogP contribution in [0.2, 0.25) is 0 Å². The van der Waals surface area contributed by atoms with Crippen molar-refractivity contribution in [3.05, 3.63) is 12.2 Å². The molecule has 2 rings (SSSR count). The Bertz CT molecular complexity index is 396. The van der Waals surface area contributed by atoms with Crippen LogP contribution in [0.5, 0.6) is 0 Å². The van der Waals surface area contributed by atoms with Crippen molar-refractivity contribution < 1.29 is 4.79 Å². The molecule has 1 aromatic heterocycles. The largest absolute Gasteiger partial charge is 0.347 e. The smallest absolute Gasteiger partial charge is 0.238 e. The van der Waals surface area contributed by atoms with Crippen molar-refractivity contribution in [2.24, 2.45) is 0 Å². The molecular formula is C11H20N6O. The Labute approximate surface area is 106 Å². The van der Waals surface area contributed by atoms with Gasteiger partial charge < -0.3 is 20.5 Å². The second kappa shape index (κ2) is 5.92. The normalized spacial score (nSPS) is 23.9. The summed E-state index contributed by atoms with van der Waals surface area (Å²) in [4.78, 5) is 11.9. The highest BCUT2D eigenvalue weighted by atomic mass is 16.2. The van der Waals surface area contributed by atoms with Crippen LogP contribution in [0.3, 0.4) is 0 Å². The number of nitrogens with zero attached hydrogens (tertiary/aromatic N) is 3. The summed E-state index contributed by atoms with van der Waals surface area (Å²) in [6, 6.07) is 0.247. The summed E-state index contributed by atoms with van der Waals surface area (Å²) < 4.78 is 1.91. The molecule has 18 heavy (non-hydrogen) atoms. The fourth-order valence-corrected chi connectivity index (χ4v) is 1.94. The first kappa shape index (κ1) is 13.0. The zero-order valence-corrected chi connectivity index (χ0v) is 10.8. The van der Waals surface area contributed by atoms with Crippen molar-refractivity contribution in [3.8, 4) is 0 Å². The number of piperazine rings is 1. The Morgan fingerprint density at radius 2 is 2.39 bits per heavy atom. The molecule has 7 nitrogen and oxygen atoms in total. The minimum Gasteiger partial charge on any atom is -0.347 e. The molecule has 100 valence electrons. The predicted molar refractivity (Wildman–Crippen MR) is 66.8 cm³/mol. The minimum atomic E-state index is -0.167. The van der Waals surface area contributed by atoms with E-state index < -0.39 is 0 Å². The molecule has 7 heteroatoms. The summed E-state index contributed by atoms with van der Waals surface area (Å²) in [6.45, 7) is 6.80. The number of aryl methyl sites for hydroxylation is 1. The maximum Gasteiger partial charge on any atom is 0.238 e.